The van der Waals surface area contributed by atoms with Gasteiger partial charge in [0, 0.05) is 12.3 Å². The van der Waals surface area contributed by atoms with Crippen molar-refractivity contribution >= 4 is 11.0 Å². The molecule has 0 aliphatic heterocycles. The van der Waals surface area contributed by atoms with E-state index in [4.69, 9.17) is 9.57 Å². The first-order chi connectivity index (χ1) is 10.3. The molecule has 0 amide bonds. The van der Waals surface area contributed by atoms with Gasteiger partial charge in [0.15, 0.2) is 5.65 Å². The van der Waals surface area contributed by atoms with E-state index >= 15 is 0 Å². The highest BCUT2D eigenvalue weighted by Crippen LogP contribution is 2.21. The quantitative estimate of drug-likeness (QED) is 0.698. The van der Waals surface area contributed by atoms with E-state index in [2.05, 4.69) is 23.8 Å². The highest BCUT2D eigenvalue weighted by molar-refractivity contribution is 5.80. The molecule has 2 aromatic rings. The molecule has 2 aromatic heterocycles. The summed E-state index contributed by atoms with van der Waals surface area (Å²) in [6.45, 7) is 5.20. The Labute approximate surface area is 123 Å². The lowest BCUT2D eigenvalue weighted by Crippen LogP contribution is -2.28. The second-order valence-electron chi connectivity index (χ2n) is 4.79. The van der Waals surface area contributed by atoms with Crippen LogP contribution in [0.5, 0.6) is 5.75 Å². The first kappa shape index (κ1) is 15.3. The summed E-state index contributed by atoms with van der Waals surface area (Å²) in [5.41, 5.74) is 0.170. The molecule has 2 rings (SSSR count). The number of ether oxygens (including phenoxy) is 1. The summed E-state index contributed by atoms with van der Waals surface area (Å²) >= 11 is 0. The van der Waals surface area contributed by atoms with Crippen molar-refractivity contribution in [3.63, 3.8) is 0 Å². The zero-order chi connectivity index (χ0) is 15.1. The molecular formula is C15H21N3O3. The Kier molecular flexibility index (Phi) is 5.54. The van der Waals surface area contributed by atoms with Gasteiger partial charge in [-0.2, -0.15) is 0 Å². The third-order valence-corrected chi connectivity index (χ3v) is 3.08. The SMILES string of the molecule is CCCCOc1cc(=O)n(OCCCC)c2ncncc12. The maximum atomic E-state index is 12.2. The van der Waals surface area contributed by atoms with Gasteiger partial charge in [-0.25, -0.2) is 9.97 Å². The third kappa shape index (κ3) is 3.71. The second-order valence-corrected chi connectivity index (χ2v) is 4.79. The summed E-state index contributed by atoms with van der Waals surface area (Å²) in [6.07, 6.45) is 6.89. The predicted molar refractivity (Wildman–Crippen MR) is 80.6 cm³/mol. The van der Waals surface area contributed by atoms with Crippen molar-refractivity contribution in [1.29, 1.82) is 0 Å². The molecule has 0 fully saturated rings. The molecule has 0 unspecified atom stereocenters. The average Bonchev–Trinajstić information content (AvgIpc) is 2.50. The number of aromatic nitrogens is 3. The predicted octanol–water partition coefficient (Wildman–Crippen LogP) is 2.20. The summed E-state index contributed by atoms with van der Waals surface area (Å²) < 4.78 is 6.89. The van der Waals surface area contributed by atoms with Crippen LogP contribution in [0.1, 0.15) is 39.5 Å². The molecule has 0 aromatic carbocycles. The van der Waals surface area contributed by atoms with Gasteiger partial charge in [-0.05, 0) is 12.8 Å². The number of unbranched alkanes of at least 4 members (excludes halogenated alkanes) is 2. The van der Waals surface area contributed by atoms with Crippen molar-refractivity contribution in [2.24, 2.45) is 0 Å². The standard InChI is InChI=1S/C15H21N3O3/c1-3-5-7-20-13-9-14(19)18(21-8-6-4-2)15-12(13)10-16-11-17-15/h9-11H,3-8H2,1-2H3. The maximum absolute atomic E-state index is 12.2. The smallest absolute Gasteiger partial charge is 0.288 e. The number of hydrogen-bond donors (Lipinski definition) is 0. The minimum absolute atomic E-state index is 0.274. The fraction of sp³-hybridized carbons (Fsp3) is 0.533. The molecule has 0 N–H and O–H groups in total. The Balaban J connectivity index is 2.36. The fourth-order valence-corrected chi connectivity index (χ4v) is 1.88. The zero-order valence-corrected chi connectivity index (χ0v) is 12.5. The van der Waals surface area contributed by atoms with E-state index in [9.17, 15) is 4.79 Å². The summed E-state index contributed by atoms with van der Waals surface area (Å²) in [6, 6.07) is 1.44. The number of pyridine rings is 1. The van der Waals surface area contributed by atoms with Gasteiger partial charge in [0.1, 0.15) is 18.7 Å². The van der Waals surface area contributed by atoms with Crippen molar-refractivity contribution in [2.45, 2.75) is 39.5 Å². The molecule has 21 heavy (non-hydrogen) atoms. The molecule has 0 aliphatic carbocycles. The normalized spacial score (nSPS) is 10.8. The lowest BCUT2D eigenvalue weighted by Gasteiger charge is -2.13. The molecule has 6 heteroatoms. The van der Waals surface area contributed by atoms with Crippen LogP contribution < -0.4 is 15.1 Å². The van der Waals surface area contributed by atoms with Crippen LogP contribution in [0.3, 0.4) is 0 Å². The van der Waals surface area contributed by atoms with Crippen LogP contribution in [0.25, 0.3) is 11.0 Å². The number of nitrogens with zero attached hydrogens (tertiary/aromatic N) is 3. The van der Waals surface area contributed by atoms with Gasteiger partial charge in [-0.1, -0.05) is 26.7 Å². The monoisotopic (exact) mass is 291 g/mol. The van der Waals surface area contributed by atoms with Crippen LogP contribution in [0.2, 0.25) is 0 Å². The maximum Gasteiger partial charge on any atom is 0.288 e. The number of fused-ring (bicyclic) bond motifs is 1. The highest BCUT2D eigenvalue weighted by Gasteiger charge is 2.12. The first-order valence-corrected chi connectivity index (χ1v) is 7.39. The van der Waals surface area contributed by atoms with Crippen LogP contribution in [0.15, 0.2) is 23.4 Å². The molecule has 0 atom stereocenters. The Morgan fingerprint density at radius 1 is 1.19 bits per heavy atom. The second kappa shape index (κ2) is 7.61. The lowest BCUT2D eigenvalue weighted by atomic mass is 10.3. The van der Waals surface area contributed by atoms with Gasteiger partial charge >= 0.3 is 0 Å². The van der Waals surface area contributed by atoms with Crippen molar-refractivity contribution in [3.8, 4) is 5.75 Å². The van der Waals surface area contributed by atoms with Crippen molar-refractivity contribution in [1.82, 2.24) is 14.7 Å². The van der Waals surface area contributed by atoms with E-state index in [1.807, 2.05) is 0 Å². The summed E-state index contributed by atoms with van der Waals surface area (Å²) in [5, 5.41) is 0.685. The fourth-order valence-electron chi connectivity index (χ4n) is 1.88. The molecule has 0 saturated heterocycles. The lowest BCUT2D eigenvalue weighted by molar-refractivity contribution is 0.108. The molecular weight excluding hydrogens is 270 g/mol. The largest absolute Gasteiger partial charge is 0.493 e. The van der Waals surface area contributed by atoms with Gasteiger partial charge < -0.3 is 9.57 Å². The molecule has 2 heterocycles. The minimum atomic E-state index is -0.274. The molecule has 0 spiro atoms. The van der Waals surface area contributed by atoms with E-state index < -0.39 is 0 Å². The van der Waals surface area contributed by atoms with Crippen LogP contribution in [0.4, 0.5) is 0 Å². The summed E-state index contributed by atoms with van der Waals surface area (Å²) in [4.78, 5) is 25.9. The Bertz CT molecular complexity index is 640. The minimum Gasteiger partial charge on any atom is -0.493 e. The molecule has 0 bridgehead atoms. The Hall–Kier alpha value is -2.11. The topological polar surface area (TPSA) is 66.2 Å². The highest BCUT2D eigenvalue weighted by atomic mass is 16.7. The summed E-state index contributed by atoms with van der Waals surface area (Å²) in [5.74, 6) is 0.513. The van der Waals surface area contributed by atoms with E-state index in [-0.39, 0.29) is 5.56 Å². The van der Waals surface area contributed by atoms with E-state index in [1.165, 1.54) is 17.1 Å². The molecule has 6 nitrogen and oxygen atoms in total. The van der Waals surface area contributed by atoms with E-state index in [0.29, 0.717) is 30.0 Å². The number of rotatable bonds is 8. The van der Waals surface area contributed by atoms with Gasteiger partial charge in [-0.15, -0.1) is 4.73 Å². The van der Waals surface area contributed by atoms with Crippen molar-refractivity contribution in [2.75, 3.05) is 13.2 Å². The van der Waals surface area contributed by atoms with E-state index in [1.54, 1.807) is 6.20 Å². The van der Waals surface area contributed by atoms with E-state index in [0.717, 1.165) is 25.7 Å². The first-order valence-electron chi connectivity index (χ1n) is 7.39. The molecule has 0 radical (unpaired) electrons. The van der Waals surface area contributed by atoms with Crippen molar-refractivity contribution in [3.05, 3.63) is 28.9 Å². The van der Waals surface area contributed by atoms with Gasteiger partial charge in [0.05, 0.1) is 12.0 Å². The molecule has 114 valence electrons. The van der Waals surface area contributed by atoms with Crippen LogP contribution in [-0.4, -0.2) is 27.9 Å². The Morgan fingerprint density at radius 3 is 2.71 bits per heavy atom. The van der Waals surface area contributed by atoms with Crippen molar-refractivity contribution < 1.29 is 9.57 Å². The van der Waals surface area contributed by atoms with Gasteiger partial charge in [0.25, 0.3) is 5.56 Å². The summed E-state index contributed by atoms with van der Waals surface area (Å²) in [7, 11) is 0. The zero-order valence-electron chi connectivity index (χ0n) is 12.5. The van der Waals surface area contributed by atoms with Crippen LogP contribution in [-0.2, 0) is 0 Å². The molecule has 0 aliphatic rings. The number of hydrogen-bond acceptors (Lipinski definition) is 5. The van der Waals surface area contributed by atoms with Gasteiger partial charge in [-0.3, -0.25) is 4.79 Å². The third-order valence-electron chi connectivity index (χ3n) is 3.08. The average molecular weight is 291 g/mol. The van der Waals surface area contributed by atoms with Crippen LogP contribution >= 0.6 is 0 Å². The Morgan fingerprint density at radius 2 is 1.95 bits per heavy atom. The molecule has 0 saturated carbocycles. The van der Waals surface area contributed by atoms with Gasteiger partial charge in [0.2, 0.25) is 0 Å². The van der Waals surface area contributed by atoms with Crippen LogP contribution in [0, 0.1) is 0 Å².